The topological polar surface area (TPSA) is 37.4 Å². The quantitative estimate of drug-likeness (QED) is 0.720. The Kier molecular flexibility index (Phi) is 5.48. The van der Waals surface area contributed by atoms with E-state index >= 15 is 0 Å². The van der Waals surface area contributed by atoms with Crippen LogP contribution in [0.4, 0.5) is 0 Å². The predicted octanol–water partition coefficient (Wildman–Crippen LogP) is 4.68. The van der Waals surface area contributed by atoms with Crippen molar-refractivity contribution < 1.29 is 8.42 Å². The van der Waals surface area contributed by atoms with Crippen molar-refractivity contribution in [2.45, 2.75) is 25.3 Å². The smallest absolute Gasteiger partial charge is 0.207 e. The summed E-state index contributed by atoms with van der Waals surface area (Å²) in [6.07, 6.45) is 0. The number of halogens is 2. The van der Waals surface area contributed by atoms with E-state index in [2.05, 4.69) is 15.9 Å². The molecule has 1 heterocycles. The molecule has 1 aromatic heterocycles. The summed E-state index contributed by atoms with van der Waals surface area (Å²) in [4.78, 5) is 1.21. The zero-order valence-corrected chi connectivity index (χ0v) is 15.6. The molecule has 0 fully saturated rings. The summed E-state index contributed by atoms with van der Waals surface area (Å²) >= 11 is 10.6. The summed E-state index contributed by atoms with van der Waals surface area (Å²) in [6.45, 7) is 4.48. The average molecular weight is 409 g/mol. The standard InChI is InChI=1S/C14H15BrClNO2S2/c1-3-17(9-11-5-7-14(16)20-11)21(18,19)13-6-4-10(2)8-12(13)15/h4-8H,3,9H2,1-2H3. The van der Waals surface area contributed by atoms with Gasteiger partial charge in [-0.1, -0.05) is 24.6 Å². The third-order valence-electron chi connectivity index (χ3n) is 3.02. The third kappa shape index (κ3) is 3.87. The number of hydrogen-bond acceptors (Lipinski definition) is 3. The van der Waals surface area contributed by atoms with Gasteiger partial charge in [0, 0.05) is 22.4 Å². The van der Waals surface area contributed by atoms with E-state index in [1.54, 1.807) is 18.2 Å². The van der Waals surface area contributed by atoms with Crippen LogP contribution in [-0.4, -0.2) is 19.3 Å². The van der Waals surface area contributed by atoms with Crippen molar-refractivity contribution in [3.05, 3.63) is 49.6 Å². The van der Waals surface area contributed by atoms with Gasteiger partial charge < -0.3 is 0 Å². The van der Waals surface area contributed by atoms with Crippen LogP contribution in [0.5, 0.6) is 0 Å². The molecule has 114 valence electrons. The Morgan fingerprint density at radius 2 is 2.00 bits per heavy atom. The highest BCUT2D eigenvalue weighted by Gasteiger charge is 2.25. The Balaban J connectivity index is 2.35. The molecule has 0 aliphatic carbocycles. The lowest BCUT2D eigenvalue weighted by Crippen LogP contribution is -2.30. The van der Waals surface area contributed by atoms with E-state index in [-0.39, 0.29) is 4.90 Å². The van der Waals surface area contributed by atoms with Gasteiger partial charge in [0.15, 0.2) is 0 Å². The number of benzene rings is 1. The van der Waals surface area contributed by atoms with Gasteiger partial charge >= 0.3 is 0 Å². The van der Waals surface area contributed by atoms with Crippen LogP contribution in [0.1, 0.15) is 17.4 Å². The number of nitrogens with zero attached hydrogens (tertiary/aromatic N) is 1. The van der Waals surface area contributed by atoms with Crippen LogP contribution in [0.3, 0.4) is 0 Å². The molecule has 0 aliphatic heterocycles. The summed E-state index contributed by atoms with van der Waals surface area (Å²) in [5.74, 6) is 0. The first-order chi connectivity index (χ1) is 9.84. The molecule has 0 bridgehead atoms. The molecule has 0 unspecified atom stereocenters. The minimum atomic E-state index is -3.54. The molecule has 0 saturated heterocycles. The van der Waals surface area contributed by atoms with Crippen LogP contribution in [0.25, 0.3) is 0 Å². The van der Waals surface area contributed by atoms with Crippen molar-refractivity contribution in [2.75, 3.05) is 6.54 Å². The molecular weight excluding hydrogens is 394 g/mol. The summed E-state index contributed by atoms with van der Waals surface area (Å²) in [7, 11) is -3.54. The Morgan fingerprint density at radius 3 is 2.52 bits per heavy atom. The monoisotopic (exact) mass is 407 g/mol. The van der Waals surface area contributed by atoms with Gasteiger partial charge in [-0.3, -0.25) is 0 Å². The van der Waals surface area contributed by atoms with Gasteiger partial charge in [-0.2, -0.15) is 4.31 Å². The van der Waals surface area contributed by atoms with Crippen molar-refractivity contribution >= 4 is 48.9 Å². The largest absolute Gasteiger partial charge is 0.244 e. The number of rotatable bonds is 5. The van der Waals surface area contributed by atoms with Gasteiger partial charge in [0.1, 0.15) is 0 Å². The molecule has 0 aliphatic rings. The maximum atomic E-state index is 12.8. The van der Waals surface area contributed by atoms with Crippen LogP contribution in [0, 0.1) is 6.92 Å². The van der Waals surface area contributed by atoms with Gasteiger partial charge in [0.25, 0.3) is 0 Å². The fourth-order valence-electron chi connectivity index (χ4n) is 1.93. The number of thiophene rings is 1. The Labute approximate surface area is 142 Å². The lowest BCUT2D eigenvalue weighted by molar-refractivity contribution is 0.426. The molecule has 0 N–H and O–H groups in total. The lowest BCUT2D eigenvalue weighted by Gasteiger charge is -2.20. The van der Waals surface area contributed by atoms with E-state index in [9.17, 15) is 8.42 Å². The summed E-state index contributed by atoms with van der Waals surface area (Å²) in [6, 6.07) is 8.88. The van der Waals surface area contributed by atoms with Crippen LogP contribution >= 0.6 is 38.9 Å². The van der Waals surface area contributed by atoms with Crippen molar-refractivity contribution in [3.63, 3.8) is 0 Å². The van der Waals surface area contributed by atoms with Crippen molar-refractivity contribution in [1.82, 2.24) is 4.31 Å². The minimum Gasteiger partial charge on any atom is -0.207 e. The van der Waals surface area contributed by atoms with E-state index in [0.29, 0.717) is 21.9 Å². The summed E-state index contributed by atoms with van der Waals surface area (Å²) < 4.78 is 28.2. The van der Waals surface area contributed by atoms with Gasteiger partial charge in [-0.25, -0.2) is 8.42 Å². The highest BCUT2D eigenvalue weighted by molar-refractivity contribution is 9.10. The van der Waals surface area contributed by atoms with Crippen molar-refractivity contribution in [1.29, 1.82) is 0 Å². The fourth-order valence-corrected chi connectivity index (χ4v) is 5.70. The molecule has 1 aromatic carbocycles. The predicted molar refractivity (Wildman–Crippen MR) is 91.5 cm³/mol. The number of aryl methyl sites for hydroxylation is 1. The minimum absolute atomic E-state index is 0.289. The van der Waals surface area contributed by atoms with E-state index in [0.717, 1.165) is 10.4 Å². The molecule has 21 heavy (non-hydrogen) atoms. The first kappa shape index (κ1) is 17.0. The van der Waals surface area contributed by atoms with Crippen LogP contribution < -0.4 is 0 Å². The van der Waals surface area contributed by atoms with Crippen LogP contribution in [-0.2, 0) is 16.6 Å². The van der Waals surface area contributed by atoms with E-state index in [4.69, 9.17) is 11.6 Å². The van der Waals surface area contributed by atoms with E-state index in [1.165, 1.54) is 15.6 Å². The molecule has 0 saturated carbocycles. The molecule has 0 atom stereocenters. The number of sulfonamides is 1. The van der Waals surface area contributed by atoms with E-state index in [1.807, 2.05) is 26.0 Å². The lowest BCUT2D eigenvalue weighted by atomic mass is 10.2. The highest BCUT2D eigenvalue weighted by atomic mass is 79.9. The van der Waals surface area contributed by atoms with Crippen LogP contribution in [0.2, 0.25) is 4.34 Å². The van der Waals surface area contributed by atoms with Gasteiger partial charge in [-0.15, -0.1) is 11.3 Å². The second-order valence-electron chi connectivity index (χ2n) is 4.57. The average Bonchev–Trinajstić information content (AvgIpc) is 2.80. The molecule has 3 nitrogen and oxygen atoms in total. The SMILES string of the molecule is CCN(Cc1ccc(Cl)s1)S(=O)(=O)c1ccc(C)cc1Br. The van der Waals surface area contributed by atoms with E-state index < -0.39 is 10.0 Å². The molecular formula is C14H15BrClNO2S2. The van der Waals surface area contributed by atoms with Crippen LogP contribution in [0.15, 0.2) is 39.7 Å². The van der Waals surface area contributed by atoms with Crippen molar-refractivity contribution in [3.8, 4) is 0 Å². The fraction of sp³-hybridized carbons (Fsp3) is 0.286. The second-order valence-corrected chi connectivity index (χ2v) is 9.13. The first-order valence-electron chi connectivity index (χ1n) is 6.35. The summed E-state index contributed by atoms with van der Waals surface area (Å²) in [5.41, 5.74) is 1.01. The summed E-state index contributed by atoms with van der Waals surface area (Å²) in [5, 5.41) is 0. The molecule has 2 aromatic rings. The maximum Gasteiger partial charge on any atom is 0.244 e. The molecule has 7 heteroatoms. The Hall–Kier alpha value is -0.400. The molecule has 0 amide bonds. The Morgan fingerprint density at radius 1 is 1.29 bits per heavy atom. The normalized spacial score (nSPS) is 12.0. The van der Waals surface area contributed by atoms with Gasteiger partial charge in [0.05, 0.1) is 9.23 Å². The van der Waals surface area contributed by atoms with Gasteiger partial charge in [0.2, 0.25) is 10.0 Å². The first-order valence-corrected chi connectivity index (χ1v) is 9.78. The Bertz CT molecular complexity index is 743. The van der Waals surface area contributed by atoms with Crippen molar-refractivity contribution in [2.24, 2.45) is 0 Å². The zero-order valence-electron chi connectivity index (χ0n) is 11.6. The third-order valence-corrected chi connectivity index (χ3v) is 7.13. The maximum absolute atomic E-state index is 12.8. The molecule has 2 rings (SSSR count). The second kappa shape index (κ2) is 6.79. The zero-order chi connectivity index (χ0) is 15.6. The molecule has 0 radical (unpaired) electrons. The highest BCUT2D eigenvalue weighted by Crippen LogP contribution is 2.29. The van der Waals surface area contributed by atoms with Gasteiger partial charge in [-0.05, 0) is 52.7 Å². The molecule has 0 spiro atoms. The number of hydrogen-bond donors (Lipinski definition) is 0.